The highest BCUT2D eigenvalue weighted by Gasteiger charge is 2.20. The van der Waals surface area contributed by atoms with E-state index in [9.17, 15) is 17.3 Å². The van der Waals surface area contributed by atoms with Gasteiger partial charge in [-0.1, -0.05) is 6.42 Å². The third kappa shape index (κ3) is 8.74. The van der Waals surface area contributed by atoms with Crippen molar-refractivity contribution in [1.29, 1.82) is 0 Å². The van der Waals surface area contributed by atoms with Crippen molar-refractivity contribution in [1.82, 2.24) is 14.7 Å². The Morgan fingerprint density at radius 1 is 0.947 bits per heavy atom. The predicted octanol–water partition coefficient (Wildman–Crippen LogP) is 2.45. The zero-order valence-electron chi connectivity index (χ0n) is 11.2. The first kappa shape index (κ1) is 16.1. The molecule has 0 radical (unpaired) electrons. The van der Waals surface area contributed by atoms with Gasteiger partial charge in [0.1, 0.15) is 0 Å². The molecule has 0 unspecified atom stereocenters. The largest absolute Gasteiger partial charge is 0.673 e. The lowest BCUT2D eigenvalue weighted by Gasteiger charge is -2.28. The molecule has 0 amide bonds. The van der Waals surface area contributed by atoms with Crippen molar-refractivity contribution in [2.75, 3.05) is 39.9 Å². The van der Waals surface area contributed by atoms with Crippen LogP contribution in [0.15, 0.2) is 12.4 Å². The number of piperidine rings is 1. The van der Waals surface area contributed by atoms with Crippen molar-refractivity contribution < 1.29 is 17.3 Å². The fourth-order valence-electron chi connectivity index (χ4n) is 2.19. The molecule has 2 aliphatic rings. The zero-order valence-corrected chi connectivity index (χ0v) is 11.2. The summed E-state index contributed by atoms with van der Waals surface area (Å²) in [6.45, 7) is 6.10. The third-order valence-corrected chi connectivity index (χ3v) is 3.09. The third-order valence-electron chi connectivity index (χ3n) is 3.09. The molecule has 0 saturated carbocycles. The van der Waals surface area contributed by atoms with Gasteiger partial charge in [-0.15, -0.1) is 0 Å². The molecule has 2 aliphatic heterocycles. The van der Waals surface area contributed by atoms with Gasteiger partial charge >= 0.3 is 7.25 Å². The second kappa shape index (κ2) is 7.62. The number of hydrogen-bond donors (Lipinski definition) is 0. The van der Waals surface area contributed by atoms with Gasteiger partial charge in [0.25, 0.3) is 0 Å². The Hall–Kier alpha value is -0.915. The van der Waals surface area contributed by atoms with E-state index in [0.717, 1.165) is 6.67 Å². The fourth-order valence-corrected chi connectivity index (χ4v) is 2.19. The highest BCUT2D eigenvalue weighted by atomic mass is 19.5. The van der Waals surface area contributed by atoms with E-state index in [1.54, 1.807) is 0 Å². The number of halogens is 4. The molecule has 0 aromatic heterocycles. The van der Waals surface area contributed by atoms with E-state index >= 15 is 0 Å². The summed E-state index contributed by atoms with van der Waals surface area (Å²) in [5, 5.41) is 0. The molecule has 3 nitrogen and oxygen atoms in total. The molecule has 2 heterocycles. The number of likely N-dealkylation sites (tertiary alicyclic amines) is 1. The predicted molar refractivity (Wildman–Crippen MR) is 69.0 cm³/mol. The van der Waals surface area contributed by atoms with Crippen molar-refractivity contribution in [3.05, 3.63) is 12.4 Å². The molecule has 0 N–H and O–H groups in total. The molecule has 0 aromatic carbocycles. The molecule has 1 saturated heterocycles. The fraction of sp³-hybridized carbons (Fsp3) is 0.818. The second-order valence-corrected chi connectivity index (χ2v) is 4.91. The molecule has 0 atom stereocenters. The van der Waals surface area contributed by atoms with Crippen LogP contribution in [0.4, 0.5) is 17.3 Å². The van der Waals surface area contributed by atoms with Crippen molar-refractivity contribution in [3.8, 4) is 0 Å². The Morgan fingerprint density at radius 2 is 1.53 bits per heavy atom. The lowest BCUT2D eigenvalue weighted by Crippen LogP contribution is -2.36. The van der Waals surface area contributed by atoms with Gasteiger partial charge in [-0.2, -0.15) is 0 Å². The van der Waals surface area contributed by atoms with Crippen LogP contribution in [-0.4, -0.2) is 61.8 Å². The van der Waals surface area contributed by atoms with E-state index in [4.69, 9.17) is 0 Å². The molecule has 0 spiro atoms. The lowest BCUT2D eigenvalue weighted by molar-refractivity contribution is 0.195. The molecule has 112 valence electrons. The van der Waals surface area contributed by atoms with E-state index in [1.165, 1.54) is 45.4 Å². The van der Waals surface area contributed by atoms with E-state index < -0.39 is 7.25 Å². The minimum atomic E-state index is -6.00. The van der Waals surface area contributed by atoms with E-state index in [-0.39, 0.29) is 0 Å². The number of hydrogen-bond acceptors (Lipinski definition) is 3. The van der Waals surface area contributed by atoms with Gasteiger partial charge in [-0.05, 0) is 25.9 Å². The van der Waals surface area contributed by atoms with Crippen LogP contribution in [-0.2, 0) is 0 Å². The van der Waals surface area contributed by atoms with E-state index in [1.807, 2.05) is 0 Å². The summed E-state index contributed by atoms with van der Waals surface area (Å²) >= 11 is 0. The first-order chi connectivity index (χ1) is 8.84. The first-order valence-corrected chi connectivity index (χ1v) is 6.57. The van der Waals surface area contributed by atoms with Crippen LogP contribution >= 0.6 is 0 Å². The van der Waals surface area contributed by atoms with Crippen molar-refractivity contribution in [2.24, 2.45) is 0 Å². The van der Waals surface area contributed by atoms with Crippen LogP contribution in [0, 0.1) is 0 Å². The molecule has 0 aromatic rings. The first-order valence-electron chi connectivity index (χ1n) is 6.57. The minimum Gasteiger partial charge on any atom is -0.418 e. The van der Waals surface area contributed by atoms with Gasteiger partial charge in [0.2, 0.25) is 0 Å². The summed E-state index contributed by atoms with van der Waals surface area (Å²) in [6.07, 6.45) is 8.58. The van der Waals surface area contributed by atoms with Gasteiger partial charge in [0.15, 0.2) is 0 Å². The second-order valence-electron chi connectivity index (χ2n) is 4.91. The highest BCUT2D eigenvalue weighted by molar-refractivity contribution is 6.50. The lowest BCUT2D eigenvalue weighted by atomic mass is 10.1. The average Bonchev–Trinajstić information content (AvgIpc) is 2.72. The maximum atomic E-state index is 9.75. The van der Waals surface area contributed by atoms with Crippen molar-refractivity contribution in [2.45, 2.75) is 19.3 Å². The Morgan fingerprint density at radius 3 is 2.00 bits per heavy atom. The Kier molecular flexibility index (Phi) is 6.47. The molecular formula is C11H21BF4N3-. The molecule has 0 bridgehead atoms. The van der Waals surface area contributed by atoms with Gasteiger partial charge < -0.3 is 32.0 Å². The zero-order chi connectivity index (χ0) is 14.3. The van der Waals surface area contributed by atoms with Crippen molar-refractivity contribution >= 4 is 7.25 Å². The van der Waals surface area contributed by atoms with E-state index in [0.29, 0.717) is 0 Å². The van der Waals surface area contributed by atoms with Gasteiger partial charge in [0, 0.05) is 32.5 Å². The number of rotatable bonds is 3. The molecular weight excluding hydrogens is 261 g/mol. The van der Waals surface area contributed by atoms with Crippen LogP contribution in [0.25, 0.3) is 0 Å². The minimum absolute atomic E-state index is 1.06. The molecule has 2 rings (SSSR count). The molecule has 19 heavy (non-hydrogen) atoms. The van der Waals surface area contributed by atoms with Gasteiger partial charge in [-0.3, -0.25) is 0 Å². The maximum Gasteiger partial charge on any atom is 0.673 e. The summed E-state index contributed by atoms with van der Waals surface area (Å²) in [6, 6.07) is 0. The molecule has 1 fully saturated rings. The Bertz CT molecular complexity index is 274. The van der Waals surface area contributed by atoms with Crippen molar-refractivity contribution in [3.63, 3.8) is 0 Å². The topological polar surface area (TPSA) is 9.72 Å². The smallest absolute Gasteiger partial charge is 0.418 e. The summed E-state index contributed by atoms with van der Waals surface area (Å²) in [7, 11) is -3.88. The summed E-state index contributed by atoms with van der Waals surface area (Å²) < 4.78 is 39.0. The average molecular weight is 282 g/mol. The maximum absolute atomic E-state index is 9.75. The summed E-state index contributed by atoms with van der Waals surface area (Å²) in [5.41, 5.74) is 0. The Balaban J connectivity index is 0.000000312. The van der Waals surface area contributed by atoms with Crippen LogP contribution in [0.3, 0.4) is 0 Å². The monoisotopic (exact) mass is 282 g/mol. The number of nitrogens with zero attached hydrogens (tertiary/aromatic N) is 3. The Labute approximate surface area is 111 Å². The van der Waals surface area contributed by atoms with E-state index in [2.05, 4.69) is 34.1 Å². The highest BCUT2D eigenvalue weighted by Crippen LogP contribution is 2.09. The quantitative estimate of drug-likeness (QED) is 0.581. The standard InChI is InChI=1S/C11H21N3.BF4/c1-12-7-8-14(11-12)10-9-13-5-3-2-4-6-13;2-1(3,4)5/h7-8H,2-6,9-11H2,1H3;/q;-1. The van der Waals surface area contributed by atoms with Crippen LogP contribution < -0.4 is 0 Å². The molecule has 8 heteroatoms. The van der Waals surface area contributed by atoms with Gasteiger partial charge in [0.05, 0.1) is 6.67 Å². The normalized spacial score (nSPS) is 20.5. The molecule has 0 aliphatic carbocycles. The van der Waals surface area contributed by atoms with Crippen LogP contribution in [0.2, 0.25) is 0 Å². The summed E-state index contributed by atoms with van der Waals surface area (Å²) in [5.74, 6) is 0. The summed E-state index contributed by atoms with van der Waals surface area (Å²) in [4.78, 5) is 7.19. The van der Waals surface area contributed by atoms with Crippen LogP contribution in [0.1, 0.15) is 19.3 Å². The van der Waals surface area contributed by atoms with Gasteiger partial charge in [-0.25, -0.2) is 0 Å². The SMILES string of the molecule is CN1C=CN(CCN2CCCCC2)C1.F[B-](F)(F)F. The van der Waals surface area contributed by atoms with Crippen LogP contribution in [0.5, 0.6) is 0 Å².